The van der Waals surface area contributed by atoms with Crippen LogP contribution < -0.4 is 0 Å². The van der Waals surface area contributed by atoms with Crippen LogP contribution in [-0.2, 0) is 9.47 Å². The molecule has 1 unspecified atom stereocenters. The van der Waals surface area contributed by atoms with Gasteiger partial charge < -0.3 is 9.47 Å². The van der Waals surface area contributed by atoms with E-state index in [2.05, 4.69) is 26.0 Å². The fourth-order valence-corrected chi connectivity index (χ4v) is 2.39. The number of halogens is 1. The van der Waals surface area contributed by atoms with Gasteiger partial charge >= 0.3 is 0 Å². The summed E-state index contributed by atoms with van der Waals surface area (Å²) in [5.41, 5.74) is 2.78. The van der Waals surface area contributed by atoms with Gasteiger partial charge in [-0.25, -0.2) is 0 Å². The molecular formula is C16H27ClO2. The highest BCUT2D eigenvalue weighted by Crippen LogP contribution is 2.15. The van der Waals surface area contributed by atoms with Crippen LogP contribution in [0.1, 0.15) is 52.4 Å². The van der Waals surface area contributed by atoms with Crippen LogP contribution in [-0.4, -0.2) is 25.4 Å². The molecule has 0 aromatic rings. The summed E-state index contributed by atoms with van der Waals surface area (Å²) in [5, 5.41) is 0. The molecule has 1 rings (SSSR count). The molecule has 1 aliphatic heterocycles. The molecule has 0 amide bonds. The molecule has 1 atom stereocenters. The highest BCUT2D eigenvalue weighted by atomic mass is 35.5. The lowest BCUT2D eigenvalue weighted by atomic mass is 10.1. The number of rotatable bonds is 8. The minimum atomic E-state index is 0.0201. The Hall–Kier alpha value is -0.310. The van der Waals surface area contributed by atoms with Crippen LogP contribution in [0.5, 0.6) is 0 Å². The first-order valence-corrected chi connectivity index (χ1v) is 7.86. The normalized spacial score (nSPS) is 21.7. The molecule has 19 heavy (non-hydrogen) atoms. The zero-order valence-corrected chi connectivity index (χ0v) is 13.0. The van der Waals surface area contributed by atoms with Crippen molar-refractivity contribution in [2.24, 2.45) is 0 Å². The lowest BCUT2D eigenvalue weighted by Crippen LogP contribution is -2.22. The second-order valence-corrected chi connectivity index (χ2v) is 5.55. The van der Waals surface area contributed by atoms with Gasteiger partial charge in [-0.1, -0.05) is 23.3 Å². The summed E-state index contributed by atoms with van der Waals surface area (Å²) in [7, 11) is 0. The Labute approximate surface area is 122 Å². The van der Waals surface area contributed by atoms with E-state index in [0.717, 1.165) is 25.9 Å². The topological polar surface area (TPSA) is 18.5 Å². The van der Waals surface area contributed by atoms with E-state index in [4.69, 9.17) is 21.1 Å². The van der Waals surface area contributed by atoms with E-state index in [9.17, 15) is 0 Å². The molecule has 0 saturated carbocycles. The smallest absolute Gasteiger partial charge is 0.157 e. The first-order chi connectivity index (χ1) is 9.22. The van der Waals surface area contributed by atoms with Crippen LogP contribution in [0.3, 0.4) is 0 Å². The van der Waals surface area contributed by atoms with Crippen LogP contribution in [0.25, 0.3) is 0 Å². The van der Waals surface area contributed by atoms with Gasteiger partial charge in [0.2, 0.25) is 0 Å². The van der Waals surface area contributed by atoms with E-state index < -0.39 is 0 Å². The van der Waals surface area contributed by atoms with Gasteiger partial charge in [-0.3, -0.25) is 0 Å². The molecule has 110 valence electrons. The molecule has 0 aromatic carbocycles. The lowest BCUT2D eigenvalue weighted by molar-refractivity contribution is -0.155. The quantitative estimate of drug-likeness (QED) is 0.470. The highest BCUT2D eigenvalue weighted by Gasteiger charge is 2.12. The van der Waals surface area contributed by atoms with Crippen molar-refractivity contribution in [3.05, 3.63) is 23.3 Å². The van der Waals surface area contributed by atoms with E-state index in [1.54, 1.807) is 0 Å². The predicted octanol–water partition coefficient (Wildman–Crippen LogP) is 4.83. The Kier molecular flexibility index (Phi) is 9.23. The molecule has 0 spiro atoms. The third-order valence-electron chi connectivity index (χ3n) is 3.42. The average molecular weight is 287 g/mol. The van der Waals surface area contributed by atoms with Crippen LogP contribution in [0, 0.1) is 0 Å². The third-order valence-corrected chi connectivity index (χ3v) is 3.57. The van der Waals surface area contributed by atoms with Crippen LogP contribution >= 0.6 is 11.6 Å². The fraction of sp³-hybridized carbons (Fsp3) is 0.750. The van der Waals surface area contributed by atoms with Gasteiger partial charge in [-0.05, 0) is 52.4 Å². The number of hydrogen-bond acceptors (Lipinski definition) is 2. The second-order valence-electron chi connectivity index (χ2n) is 5.24. The van der Waals surface area contributed by atoms with Gasteiger partial charge in [0.1, 0.15) is 0 Å². The van der Waals surface area contributed by atoms with Crippen LogP contribution in [0.4, 0.5) is 0 Å². The summed E-state index contributed by atoms with van der Waals surface area (Å²) in [6.45, 7) is 5.84. The maximum Gasteiger partial charge on any atom is 0.157 e. The van der Waals surface area contributed by atoms with Crippen molar-refractivity contribution in [2.45, 2.75) is 58.7 Å². The van der Waals surface area contributed by atoms with E-state index in [0.29, 0.717) is 12.5 Å². The van der Waals surface area contributed by atoms with E-state index in [1.165, 1.54) is 30.4 Å². The summed E-state index contributed by atoms with van der Waals surface area (Å²) in [5.74, 6) is 0.621. The third kappa shape index (κ3) is 8.46. The van der Waals surface area contributed by atoms with Gasteiger partial charge in [0.25, 0.3) is 0 Å². The number of hydrogen-bond donors (Lipinski definition) is 0. The summed E-state index contributed by atoms with van der Waals surface area (Å²) >= 11 is 5.66. The molecule has 3 heteroatoms. The van der Waals surface area contributed by atoms with E-state index in [1.807, 2.05) is 0 Å². The van der Waals surface area contributed by atoms with Gasteiger partial charge in [0, 0.05) is 12.5 Å². The Balaban J connectivity index is 2.09. The van der Waals surface area contributed by atoms with Crippen LogP contribution in [0.15, 0.2) is 23.3 Å². The van der Waals surface area contributed by atoms with Crippen molar-refractivity contribution >= 4 is 11.6 Å². The average Bonchev–Trinajstić information content (AvgIpc) is 2.40. The summed E-state index contributed by atoms with van der Waals surface area (Å²) in [6.07, 6.45) is 11.2. The summed E-state index contributed by atoms with van der Waals surface area (Å²) in [6, 6.07) is 0. The molecule has 1 saturated heterocycles. The molecule has 0 aliphatic carbocycles. The first kappa shape index (κ1) is 16.7. The Morgan fingerprint density at radius 2 is 1.95 bits per heavy atom. The maximum atomic E-state index is 5.69. The molecule has 0 N–H and O–H groups in total. The zero-order chi connectivity index (χ0) is 13.9. The van der Waals surface area contributed by atoms with Crippen molar-refractivity contribution in [3.63, 3.8) is 0 Å². The summed E-state index contributed by atoms with van der Waals surface area (Å²) < 4.78 is 11.2. The van der Waals surface area contributed by atoms with Gasteiger partial charge in [0.15, 0.2) is 6.29 Å². The van der Waals surface area contributed by atoms with Crippen molar-refractivity contribution in [1.29, 1.82) is 0 Å². The fourth-order valence-electron chi connectivity index (χ4n) is 2.12. The Morgan fingerprint density at radius 1 is 1.21 bits per heavy atom. The highest BCUT2D eigenvalue weighted by molar-refractivity contribution is 6.18. The first-order valence-electron chi connectivity index (χ1n) is 7.33. The minimum Gasteiger partial charge on any atom is -0.353 e. The molecule has 2 nitrogen and oxygen atoms in total. The maximum absolute atomic E-state index is 5.69. The summed E-state index contributed by atoms with van der Waals surface area (Å²) in [4.78, 5) is 0. The van der Waals surface area contributed by atoms with Crippen LogP contribution in [0.2, 0.25) is 0 Å². The predicted molar refractivity (Wildman–Crippen MR) is 81.6 cm³/mol. The monoisotopic (exact) mass is 286 g/mol. The van der Waals surface area contributed by atoms with E-state index >= 15 is 0 Å². The molecule has 0 bridgehead atoms. The molecule has 0 aromatic heterocycles. The van der Waals surface area contributed by atoms with Gasteiger partial charge in [0.05, 0.1) is 6.61 Å². The molecule has 1 heterocycles. The molecule has 0 radical (unpaired) electrons. The Morgan fingerprint density at radius 3 is 2.58 bits per heavy atom. The molecular weight excluding hydrogens is 260 g/mol. The SMILES string of the molecule is C/C(=C\CCl)CCC/C(C)=C/COC1CCCCO1. The number of allylic oxidation sites excluding steroid dienone is 3. The molecule has 1 fully saturated rings. The van der Waals surface area contributed by atoms with Crippen molar-refractivity contribution in [1.82, 2.24) is 0 Å². The Bertz CT molecular complexity index is 291. The molecule has 1 aliphatic rings. The van der Waals surface area contributed by atoms with Crippen molar-refractivity contribution in [2.75, 3.05) is 19.1 Å². The van der Waals surface area contributed by atoms with Gasteiger partial charge in [-0.2, -0.15) is 0 Å². The standard InChI is InChI=1S/C16H27ClO2/c1-14(9-11-17)6-5-7-15(2)10-13-19-16-8-3-4-12-18-16/h9-10,16H,3-8,11-13H2,1-2H3/b14-9+,15-10+. The zero-order valence-electron chi connectivity index (χ0n) is 12.3. The van der Waals surface area contributed by atoms with Crippen molar-refractivity contribution < 1.29 is 9.47 Å². The number of alkyl halides is 1. The van der Waals surface area contributed by atoms with E-state index in [-0.39, 0.29) is 6.29 Å². The minimum absolute atomic E-state index is 0.0201. The second kappa shape index (κ2) is 10.5. The largest absolute Gasteiger partial charge is 0.353 e. The number of ether oxygens (including phenoxy) is 2. The van der Waals surface area contributed by atoms with Crippen molar-refractivity contribution in [3.8, 4) is 0 Å². The van der Waals surface area contributed by atoms with Gasteiger partial charge in [-0.15, -0.1) is 11.6 Å². The lowest BCUT2D eigenvalue weighted by Gasteiger charge is -2.22.